The van der Waals surface area contributed by atoms with E-state index in [-0.39, 0.29) is 19.4 Å². The molecule has 0 rings (SSSR count). The number of esters is 2. The van der Waals surface area contributed by atoms with Gasteiger partial charge in [0.05, 0.1) is 6.61 Å². The lowest BCUT2D eigenvalue weighted by Crippen LogP contribution is -2.29. The van der Waals surface area contributed by atoms with Gasteiger partial charge >= 0.3 is 19.8 Å². The Bertz CT molecular complexity index is 869. The number of ether oxygens (including phenoxy) is 2. The molecule has 0 saturated carbocycles. The molecule has 0 amide bonds. The average molecular weight is 729 g/mol. The summed E-state index contributed by atoms with van der Waals surface area (Å²) >= 11 is 0. The number of carbonyl (C=O) groups excluding carboxylic acids is 2. The van der Waals surface area contributed by atoms with Crippen molar-refractivity contribution in [2.45, 2.75) is 213 Å². The maximum absolute atomic E-state index is 12.4. The predicted octanol–water partition coefficient (Wildman–Crippen LogP) is 12.4. The van der Waals surface area contributed by atoms with Crippen LogP contribution in [0.25, 0.3) is 0 Å². The summed E-state index contributed by atoms with van der Waals surface area (Å²) in [6.45, 7) is 3.65. The molecule has 294 valence electrons. The Hall–Kier alpha value is -1.47. The van der Waals surface area contributed by atoms with Crippen LogP contribution in [-0.2, 0) is 28.2 Å². The van der Waals surface area contributed by atoms with E-state index in [9.17, 15) is 14.2 Å². The van der Waals surface area contributed by atoms with Gasteiger partial charge in [-0.1, -0.05) is 179 Å². The molecule has 2 N–H and O–H groups in total. The first kappa shape index (κ1) is 48.5. The number of carbonyl (C=O) groups is 2. The van der Waals surface area contributed by atoms with Gasteiger partial charge in [-0.2, -0.15) is 0 Å². The summed E-state index contributed by atoms with van der Waals surface area (Å²) in [6, 6.07) is 0. The fourth-order valence-electron chi connectivity index (χ4n) is 5.86. The Kier molecular flexibility index (Phi) is 36.2. The monoisotopic (exact) mass is 729 g/mol. The first-order valence-electron chi connectivity index (χ1n) is 20.6. The molecule has 0 fully saturated rings. The van der Waals surface area contributed by atoms with E-state index in [2.05, 4.69) is 42.7 Å². The Morgan fingerprint density at radius 2 is 0.920 bits per heavy atom. The number of hydrogen-bond donors (Lipinski definition) is 2. The zero-order valence-corrected chi connectivity index (χ0v) is 33.2. The quantitative estimate of drug-likeness (QED) is 0.0279. The van der Waals surface area contributed by atoms with Crippen LogP contribution >= 0.6 is 7.82 Å². The third-order valence-corrected chi connectivity index (χ3v) is 9.46. The van der Waals surface area contributed by atoms with Gasteiger partial charge in [0, 0.05) is 12.8 Å². The summed E-state index contributed by atoms with van der Waals surface area (Å²) in [6.07, 6.45) is 41.8. The minimum Gasteiger partial charge on any atom is -0.462 e. The van der Waals surface area contributed by atoms with Crippen LogP contribution in [0.2, 0.25) is 0 Å². The Balaban J connectivity index is 3.90. The van der Waals surface area contributed by atoms with Crippen molar-refractivity contribution >= 4 is 19.8 Å². The molecule has 0 unspecified atom stereocenters. The molecule has 0 aliphatic carbocycles. The van der Waals surface area contributed by atoms with Crippen molar-refractivity contribution < 1.29 is 37.9 Å². The predicted molar refractivity (Wildman–Crippen MR) is 207 cm³/mol. The van der Waals surface area contributed by atoms with Crippen LogP contribution in [0.5, 0.6) is 0 Å². The molecule has 9 heteroatoms. The van der Waals surface area contributed by atoms with Crippen LogP contribution < -0.4 is 0 Å². The number of unbranched alkanes of at least 4 members (excludes halogenated alkanes) is 24. The number of hydrogen-bond acceptors (Lipinski definition) is 6. The summed E-state index contributed by atoms with van der Waals surface area (Å²) in [5.41, 5.74) is 0. The van der Waals surface area contributed by atoms with Crippen molar-refractivity contribution in [1.82, 2.24) is 0 Å². The highest BCUT2D eigenvalue weighted by Crippen LogP contribution is 2.36. The average Bonchev–Trinajstić information content (AvgIpc) is 3.08. The molecule has 0 heterocycles. The van der Waals surface area contributed by atoms with Gasteiger partial charge in [-0.3, -0.25) is 14.1 Å². The Morgan fingerprint density at radius 3 is 1.38 bits per heavy atom. The van der Waals surface area contributed by atoms with Crippen molar-refractivity contribution in [2.75, 3.05) is 13.2 Å². The molecule has 0 aliphatic heterocycles. The summed E-state index contributed by atoms with van der Waals surface area (Å²) in [5.74, 6) is -0.893. The maximum atomic E-state index is 12.4. The lowest BCUT2D eigenvalue weighted by molar-refractivity contribution is -0.161. The van der Waals surface area contributed by atoms with Crippen LogP contribution in [0.1, 0.15) is 206 Å². The SMILES string of the molecule is CCCC/C=C\C/C=C\CCCCCCCC(=O)OC[C@H](COP(=O)(O)O)OC(=O)CCCCCCCCCCCCCCCCCCCC. The number of phosphoric ester groups is 1. The second-order valence-electron chi connectivity index (χ2n) is 14.0. The normalized spacial score (nSPS) is 12.6. The topological polar surface area (TPSA) is 119 Å². The lowest BCUT2D eigenvalue weighted by atomic mass is 10.0. The molecule has 0 bridgehead atoms. The largest absolute Gasteiger partial charge is 0.469 e. The highest BCUT2D eigenvalue weighted by Gasteiger charge is 2.22. The van der Waals surface area contributed by atoms with E-state index < -0.39 is 32.5 Å². The van der Waals surface area contributed by atoms with Gasteiger partial charge in [0.1, 0.15) is 6.61 Å². The molecular formula is C41H77O8P. The molecule has 8 nitrogen and oxygen atoms in total. The van der Waals surface area contributed by atoms with E-state index in [0.29, 0.717) is 12.8 Å². The number of allylic oxidation sites excluding steroid dienone is 4. The van der Waals surface area contributed by atoms with Crippen molar-refractivity contribution in [3.63, 3.8) is 0 Å². The van der Waals surface area contributed by atoms with Crippen molar-refractivity contribution in [3.8, 4) is 0 Å². The summed E-state index contributed by atoms with van der Waals surface area (Å²) in [7, 11) is -4.75. The van der Waals surface area contributed by atoms with Crippen molar-refractivity contribution in [3.05, 3.63) is 24.3 Å². The summed E-state index contributed by atoms with van der Waals surface area (Å²) < 4.78 is 26.4. The number of rotatable bonds is 38. The van der Waals surface area contributed by atoms with E-state index >= 15 is 0 Å². The lowest BCUT2D eigenvalue weighted by Gasteiger charge is -2.18. The van der Waals surface area contributed by atoms with Crippen LogP contribution in [0.15, 0.2) is 24.3 Å². The first-order chi connectivity index (χ1) is 24.3. The van der Waals surface area contributed by atoms with Gasteiger partial charge in [-0.15, -0.1) is 0 Å². The smallest absolute Gasteiger partial charge is 0.462 e. The molecule has 1 atom stereocenters. The van der Waals surface area contributed by atoms with Crippen LogP contribution in [0, 0.1) is 0 Å². The Morgan fingerprint density at radius 1 is 0.520 bits per heavy atom. The van der Waals surface area contributed by atoms with Crippen LogP contribution in [-0.4, -0.2) is 41.0 Å². The molecule has 0 aromatic heterocycles. The van der Waals surface area contributed by atoms with E-state index in [0.717, 1.165) is 64.2 Å². The maximum Gasteiger partial charge on any atom is 0.469 e. The third-order valence-electron chi connectivity index (χ3n) is 8.97. The van der Waals surface area contributed by atoms with Gasteiger partial charge in [0.15, 0.2) is 6.10 Å². The highest BCUT2D eigenvalue weighted by molar-refractivity contribution is 7.46. The molecule has 0 aliphatic rings. The molecule has 0 spiro atoms. The van der Waals surface area contributed by atoms with Gasteiger partial charge in [0.25, 0.3) is 0 Å². The molecule has 0 aromatic carbocycles. The van der Waals surface area contributed by atoms with Gasteiger partial charge < -0.3 is 19.3 Å². The molecule has 50 heavy (non-hydrogen) atoms. The fourth-order valence-corrected chi connectivity index (χ4v) is 6.22. The van der Waals surface area contributed by atoms with Crippen LogP contribution in [0.4, 0.5) is 0 Å². The first-order valence-corrected chi connectivity index (χ1v) is 22.2. The van der Waals surface area contributed by atoms with Gasteiger partial charge in [-0.05, 0) is 38.5 Å². The molecule has 0 radical (unpaired) electrons. The van der Waals surface area contributed by atoms with E-state index in [4.69, 9.17) is 19.3 Å². The van der Waals surface area contributed by atoms with Crippen molar-refractivity contribution in [1.29, 1.82) is 0 Å². The third kappa shape index (κ3) is 39.3. The number of phosphoric acid groups is 1. The molecule has 0 saturated heterocycles. The standard InChI is InChI=1S/C41H77O8P/c1-3-5-7-9-11-13-15-17-19-20-21-22-24-26-28-30-32-34-36-41(43)49-39(38-48-50(44,45)46)37-47-40(42)35-33-31-29-27-25-23-18-16-14-12-10-8-6-4-2/h10,12,16,18,39H,3-9,11,13-15,17,19-38H2,1-2H3,(H2,44,45,46)/b12-10-,18-16-/t39-/m1/s1. The second kappa shape index (κ2) is 37.3. The summed E-state index contributed by atoms with van der Waals surface area (Å²) in [5, 5.41) is 0. The highest BCUT2D eigenvalue weighted by atomic mass is 31.2. The second-order valence-corrected chi connectivity index (χ2v) is 15.2. The van der Waals surface area contributed by atoms with Crippen LogP contribution in [0.3, 0.4) is 0 Å². The van der Waals surface area contributed by atoms with E-state index in [1.807, 2.05) is 0 Å². The minimum atomic E-state index is -4.75. The minimum absolute atomic E-state index is 0.213. The molecule has 0 aromatic rings. The zero-order chi connectivity index (χ0) is 36.8. The van der Waals surface area contributed by atoms with Crippen molar-refractivity contribution in [2.24, 2.45) is 0 Å². The van der Waals surface area contributed by atoms with E-state index in [1.165, 1.54) is 103 Å². The van der Waals surface area contributed by atoms with Gasteiger partial charge in [-0.25, -0.2) is 4.57 Å². The zero-order valence-electron chi connectivity index (χ0n) is 32.3. The molecular weight excluding hydrogens is 651 g/mol. The van der Waals surface area contributed by atoms with E-state index in [1.54, 1.807) is 0 Å². The summed E-state index contributed by atoms with van der Waals surface area (Å²) in [4.78, 5) is 42.8. The Labute approximate surface area is 307 Å². The fraction of sp³-hybridized carbons (Fsp3) is 0.854. The van der Waals surface area contributed by atoms with Gasteiger partial charge in [0.2, 0.25) is 0 Å².